The van der Waals surface area contributed by atoms with E-state index in [1.807, 2.05) is 0 Å². The molecule has 0 spiro atoms. The lowest BCUT2D eigenvalue weighted by atomic mass is 10.1. The number of sulfonamides is 1. The van der Waals surface area contributed by atoms with Gasteiger partial charge in [0.15, 0.2) is 0 Å². The fraction of sp³-hybridized carbons (Fsp3) is 0.188. The van der Waals surface area contributed by atoms with E-state index in [-0.39, 0.29) is 22.2 Å². The number of amides is 1. The zero-order chi connectivity index (χ0) is 17.9. The standard InChI is InChI=1S/C16H16Cl2N2O3S/c1-10-7-15(14(18)9-13(10)17)24(22,23)20-12-5-3-11(4-6-12)8-16(21)19-2/h3-7,9,20H,8H2,1-2H3,(H,19,21). The minimum Gasteiger partial charge on any atom is -0.359 e. The van der Waals surface area contributed by atoms with Gasteiger partial charge < -0.3 is 5.32 Å². The first-order chi connectivity index (χ1) is 11.2. The molecule has 0 saturated heterocycles. The smallest absolute Gasteiger partial charge is 0.263 e. The Morgan fingerprint density at radius 3 is 2.29 bits per heavy atom. The number of halogens is 2. The van der Waals surface area contributed by atoms with Crippen LogP contribution < -0.4 is 10.0 Å². The van der Waals surface area contributed by atoms with E-state index in [1.54, 1.807) is 38.2 Å². The summed E-state index contributed by atoms with van der Waals surface area (Å²) in [5.41, 5.74) is 1.76. The van der Waals surface area contributed by atoms with Crippen molar-refractivity contribution in [1.82, 2.24) is 5.32 Å². The zero-order valence-corrected chi connectivity index (χ0v) is 15.4. The summed E-state index contributed by atoms with van der Waals surface area (Å²) in [5.74, 6) is -0.119. The van der Waals surface area contributed by atoms with Gasteiger partial charge in [-0.15, -0.1) is 0 Å². The first-order valence-corrected chi connectivity index (χ1v) is 9.25. The van der Waals surface area contributed by atoms with Gasteiger partial charge in [0.1, 0.15) is 4.90 Å². The Morgan fingerprint density at radius 1 is 1.08 bits per heavy atom. The molecule has 0 saturated carbocycles. The van der Waals surface area contributed by atoms with Gasteiger partial charge in [0.25, 0.3) is 10.0 Å². The average molecular weight is 387 g/mol. The Labute approximate surface area is 151 Å². The molecule has 2 N–H and O–H groups in total. The predicted molar refractivity (Wildman–Crippen MR) is 96.2 cm³/mol. The molecule has 0 aromatic heterocycles. The van der Waals surface area contributed by atoms with Crippen molar-refractivity contribution in [2.75, 3.05) is 11.8 Å². The monoisotopic (exact) mass is 386 g/mol. The molecule has 0 bridgehead atoms. The fourth-order valence-electron chi connectivity index (χ4n) is 2.01. The second-order valence-electron chi connectivity index (χ2n) is 5.18. The van der Waals surface area contributed by atoms with Gasteiger partial charge in [-0.05, 0) is 42.3 Å². The largest absolute Gasteiger partial charge is 0.359 e. The molecule has 8 heteroatoms. The molecule has 0 aliphatic carbocycles. The molecule has 0 atom stereocenters. The van der Waals surface area contributed by atoms with Crippen LogP contribution in [-0.2, 0) is 21.2 Å². The lowest BCUT2D eigenvalue weighted by Crippen LogP contribution is -2.19. The highest BCUT2D eigenvalue weighted by atomic mass is 35.5. The van der Waals surface area contributed by atoms with E-state index in [1.165, 1.54) is 12.1 Å². The highest BCUT2D eigenvalue weighted by Gasteiger charge is 2.19. The summed E-state index contributed by atoms with van der Waals surface area (Å²) in [7, 11) is -2.29. The molecule has 0 heterocycles. The summed E-state index contributed by atoms with van der Waals surface area (Å²) in [6, 6.07) is 9.37. The molecule has 2 rings (SSSR count). The maximum absolute atomic E-state index is 12.5. The van der Waals surface area contributed by atoms with Crippen LogP contribution in [0.15, 0.2) is 41.3 Å². The number of aryl methyl sites for hydroxylation is 1. The van der Waals surface area contributed by atoms with Crippen LogP contribution in [0.1, 0.15) is 11.1 Å². The number of carbonyl (C=O) groups excluding carboxylic acids is 1. The van der Waals surface area contributed by atoms with Crippen molar-refractivity contribution < 1.29 is 13.2 Å². The van der Waals surface area contributed by atoms with E-state index in [0.717, 1.165) is 5.56 Å². The third-order valence-corrected chi connectivity index (χ3v) is 5.61. The summed E-state index contributed by atoms with van der Waals surface area (Å²) in [6.07, 6.45) is 0.228. The van der Waals surface area contributed by atoms with Crippen LogP contribution in [0.25, 0.3) is 0 Å². The van der Waals surface area contributed by atoms with Crippen molar-refractivity contribution >= 4 is 44.8 Å². The Morgan fingerprint density at radius 2 is 1.71 bits per heavy atom. The molecule has 0 fully saturated rings. The second-order valence-corrected chi connectivity index (χ2v) is 7.65. The molecule has 1 amide bonds. The van der Waals surface area contributed by atoms with Gasteiger partial charge in [-0.25, -0.2) is 8.42 Å². The van der Waals surface area contributed by atoms with Crippen LogP contribution >= 0.6 is 23.2 Å². The zero-order valence-electron chi connectivity index (χ0n) is 13.1. The summed E-state index contributed by atoms with van der Waals surface area (Å²) in [5, 5.41) is 2.98. The third-order valence-electron chi connectivity index (χ3n) is 3.35. The molecule has 0 aliphatic heterocycles. The number of anilines is 1. The van der Waals surface area contributed by atoms with Gasteiger partial charge >= 0.3 is 0 Å². The molecular weight excluding hydrogens is 371 g/mol. The molecule has 5 nitrogen and oxygen atoms in total. The lowest BCUT2D eigenvalue weighted by molar-refractivity contribution is -0.119. The van der Waals surface area contributed by atoms with E-state index in [9.17, 15) is 13.2 Å². The number of hydrogen-bond acceptors (Lipinski definition) is 3. The normalized spacial score (nSPS) is 11.2. The van der Waals surface area contributed by atoms with Crippen LogP contribution in [0, 0.1) is 6.92 Å². The summed E-state index contributed by atoms with van der Waals surface area (Å²) >= 11 is 11.9. The second kappa shape index (κ2) is 7.42. The Hall–Kier alpha value is -1.76. The van der Waals surface area contributed by atoms with E-state index in [2.05, 4.69) is 10.0 Å². The number of benzene rings is 2. The van der Waals surface area contributed by atoms with Crippen LogP contribution in [0.5, 0.6) is 0 Å². The van der Waals surface area contributed by atoms with E-state index < -0.39 is 10.0 Å². The van der Waals surface area contributed by atoms with Crippen molar-refractivity contribution in [3.63, 3.8) is 0 Å². The van der Waals surface area contributed by atoms with Gasteiger partial charge in [0.2, 0.25) is 5.91 Å². The third kappa shape index (κ3) is 4.41. The molecule has 24 heavy (non-hydrogen) atoms. The highest BCUT2D eigenvalue weighted by Crippen LogP contribution is 2.29. The summed E-state index contributed by atoms with van der Waals surface area (Å²) in [4.78, 5) is 11.3. The van der Waals surface area contributed by atoms with Crippen molar-refractivity contribution in [2.24, 2.45) is 0 Å². The molecular formula is C16H16Cl2N2O3S. The summed E-state index contributed by atoms with van der Waals surface area (Å²) < 4.78 is 27.4. The van der Waals surface area contributed by atoms with Crippen molar-refractivity contribution in [1.29, 1.82) is 0 Å². The number of nitrogens with one attached hydrogen (secondary N) is 2. The first-order valence-electron chi connectivity index (χ1n) is 7.01. The van der Waals surface area contributed by atoms with Gasteiger partial charge in [-0.2, -0.15) is 0 Å². The Bertz CT molecular complexity index is 866. The number of rotatable bonds is 5. The van der Waals surface area contributed by atoms with Crippen molar-refractivity contribution in [2.45, 2.75) is 18.2 Å². The maximum atomic E-state index is 12.5. The molecule has 0 radical (unpaired) electrons. The number of carbonyl (C=O) groups is 1. The quantitative estimate of drug-likeness (QED) is 0.826. The first kappa shape index (κ1) is 18.6. The van der Waals surface area contributed by atoms with E-state index in [4.69, 9.17) is 23.2 Å². The van der Waals surface area contributed by atoms with Gasteiger partial charge in [0.05, 0.1) is 11.4 Å². The van der Waals surface area contributed by atoms with Crippen LogP contribution in [0.4, 0.5) is 5.69 Å². The predicted octanol–water partition coefficient (Wildman–Crippen LogP) is 3.39. The molecule has 2 aromatic carbocycles. The maximum Gasteiger partial charge on any atom is 0.263 e. The van der Waals surface area contributed by atoms with Crippen LogP contribution in [0.2, 0.25) is 10.0 Å². The topological polar surface area (TPSA) is 75.3 Å². The van der Waals surface area contributed by atoms with Crippen molar-refractivity contribution in [3.05, 3.63) is 57.6 Å². The minimum atomic E-state index is -3.84. The Balaban J connectivity index is 2.23. The average Bonchev–Trinajstić information content (AvgIpc) is 2.52. The molecule has 0 aliphatic rings. The van der Waals surface area contributed by atoms with E-state index in [0.29, 0.717) is 16.3 Å². The number of likely N-dealkylation sites (N-methyl/N-ethyl adjacent to an activating group) is 1. The van der Waals surface area contributed by atoms with Gasteiger partial charge in [-0.3, -0.25) is 9.52 Å². The SMILES string of the molecule is CNC(=O)Cc1ccc(NS(=O)(=O)c2cc(C)c(Cl)cc2Cl)cc1. The molecule has 128 valence electrons. The van der Waals surface area contributed by atoms with Crippen LogP contribution in [-0.4, -0.2) is 21.4 Å². The molecule has 2 aromatic rings. The minimum absolute atomic E-state index is 0.0412. The number of hydrogen-bond donors (Lipinski definition) is 2. The molecule has 0 unspecified atom stereocenters. The van der Waals surface area contributed by atoms with Gasteiger partial charge in [-0.1, -0.05) is 35.3 Å². The van der Waals surface area contributed by atoms with Crippen LogP contribution in [0.3, 0.4) is 0 Å². The lowest BCUT2D eigenvalue weighted by Gasteiger charge is -2.11. The van der Waals surface area contributed by atoms with Gasteiger partial charge in [0, 0.05) is 17.8 Å². The van der Waals surface area contributed by atoms with Crippen molar-refractivity contribution in [3.8, 4) is 0 Å². The fourth-order valence-corrected chi connectivity index (χ4v) is 3.90. The highest BCUT2D eigenvalue weighted by molar-refractivity contribution is 7.92. The summed E-state index contributed by atoms with van der Waals surface area (Å²) in [6.45, 7) is 1.70. The Kier molecular flexibility index (Phi) is 5.74. The van der Waals surface area contributed by atoms with E-state index >= 15 is 0 Å².